The molecule has 3 heterocycles. The molecule has 1 N–H and O–H groups in total. The molecule has 0 spiro atoms. The number of aliphatic hydroxyl groups is 1. The molecule has 0 bridgehead atoms. The number of esters is 1. The second-order valence-corrected chi connectivity index (χ2v) is 18.4. The monoisotopic (exact) mass is 695 g/mol. The molecule has 0 unspecified atom stereocenters. The molecule has 3 atom stereocenters. The highest BCUT2D eigenvalue weighted by molar-refractivity contribution is 7.92. The lowest BCUT2D eigenvalue weighted by Gasteiger charge is -2.54. The number of nitrogens with zero attached hydrogens (tertiary/aromatic N) is 3. The average Bonchev–Trinajstić information content (AvgIpc) is 3.50. The van der Waals surface area contributed by atoms with Crippen molar-refractivity contribution in [1.29, 1.82) is 0 Å². The number of piperidine rings is 1. The number of likely N-dealkylation sites (tertiary alicyclic amines) is 2. The third kappa shape index (κ3) is 7.04. The van der Waals surface area contributed by atoms with E-state index in [2.05, 4.69) is 20.8 Å². The van der Waals surface area contributed by atoms with Gasteiger partial charge in [0.15, 0.2) is 9.84 Å². The van der Waals surface area contributed by atoms with Crippen LogP contribution in [0.4, 0.5) is 10.1 Å². The van der Waals surface area contributed by atoms with Crippen LogP contribution >= 0.6 is 0 Å². The SMILES string of the molecule is COC(=O)C[C@H]1CCC[C@@H]1[C@](CN1CCC1)(c1cccc(F)c1)C1CCN(CC2CN(c3ccc(S(=O)(=O)C4CC(C)(O)C4)cc3)C2)CC1. The van der Waals surface area contributed by atoms with Crippen LogP contribution in [0.2, 0.25) is 0 Å². The number of halogens is 1. The van der Waals surface area contributed by atoms with E-state index in [9.17, 15) is 22.7 Å². The standard InChI is InChI=1S/C39H54FN3O5S/c1-38(45)22-35(23-38)49(46,47)34-12-10-33(11-13-34)43-25-28(26-43)24-41-18-14-30(15-19-41)39(27-42-16-5-17-42,31-7-4-8-32(40)21-31)36-9-3-6-29(36)20-37(44)48-2/h4,7-8,10-13,21,28-30,35-36,45H,3,5-6,9,14-20,22-27H2,1-2H3/t29-,35?,36+,38?,39+/m1/s1. The minimum absolute atomic E-state index is 0.136. The maximum atomic E-state index is 15.0. The van der Waals surface area contributed by atoms with Crippen molar-refractivity contribution in [3.8, 4) is 0 Å². The van der Waals surface area contributed by atoms with Gasteiger partial charge in [-0.15, -0.1) is 0 Å². The van der Waals surface area contributed by atoms with Crippen molar-refractivity contribution in [3.63, 3.8) is 0 Å². The van der Waals surface area contributed by atoms with Crippen LogP contribution in [0.15, 0.2) is 53.4 Å². The van der Waals surface area contributed by atoms with Crippen molar-refractivity contribution in [1.82, 2.24) is 9.80 Å². The second-order valence-electron chi connectivity index (χ2n) is 16.2. The van der Waals surface area contributed by atoms with Crippen molar-refractivity contribution in [2.24, 2.45) is 23.7 Å². The molecule has 0 radical (unpaired) electrons. The number of anilines is 1. The lowest BCUT2D eigenvalue weighted by atomic mass is 9.56. The van der Waals surface area contributed by atoms with Crippen LogP contribution in [0.3, 0.4) is 0 Å². The zero-order chi connectivity index (χ0) is 34.4. The Morgan fingerprint density at radius 1 is 0.980 bits per heavy atom. The highest BCUT2D eigenvalue weighted by Gasteiger charge is 2.53. The molecular weight excluding hydrogens is 642 g/mol. The van der Waals surface area contributed by atoms with Gasteiger partial charge in [0.05, 0.1) is 22.9 Å². The van der Waals surface area contributed by atoms with Crippen LogP contribution in [0.1, 0.15) is 70.3 Å². The van der Waals surface area contributed by atoms with Crippen LogP contribution in [-0.4, -0.2) is 99.6 Å². The first-order valence-electron chi connectivity index (χ1n) is 18.6. The van der Waals surface area contributed by atoms with Crippen molar-refractivity contribution < 1.29 is 27.4 Å². The Kier molecular flexibility index (Phi) is 9.89. The van der Waals surface area contributed by atoms with Gasteiger partial charge in [0.1, 0.15) is 5.82 Å². The van der Waals surface area contributed by atoms with Crippen LogP contribution in [0.25, 0.3) is 0 Å². The van der Waals surface area contributed by atoms with E-state index in [-0.39, 0.29) is 23.1 Å². The maximum absolute atomic E-state index is 15.0. The first-order valence-corrected chi connectivity index (χ1v) is 20.1. The van der Waals surface area contributed by atoms with Gasteiger partial charge in [-0.1, -0.05) is 18.6 Å². The summed E-state index contributed by atoms with van der Waals surface area (Å²) in [7, 11) is -1.94. The molecule has 3 saturated heterocycles. The number of carbonyl (C=O) groups excluding carboxylic acids is 1. The molecule has 5 fully saturated rings. The van der Waals surface area contributed by atoms with E-state index in [1.54, 1.807) is 31.2 Å². The number of carbonyl (C=O) groups is 1. The van der Waals surface area contributed by atoms with Gasteiger partial charge < -0.3 is 24.5 Å². The topological polar surface area (TPSA) is 90.4 Å². The zero-order valence-corrected chi connectivity index (χ0v) is 30.1. The van der Waals surface area contributed by atoms with Crippen LogP contribution in [-0.2, 0) is 24.8 Å². The van der Waals surface area contributed by atoms with Gasteiger partial charge in [-0.05, 0) is 138 Å². The molecular formula is C39H54FN3O5S. The molecule has 0 amide bonds. The molecule has 2 aliphatic carbocycles. The number of ether oxygens (including phenoxy) is 1. The largest absolute Gasteiger partial charge is 0.469 e. The van der Waals surface area contributed by atoms with Crippen molar-refractivity contribution in [2.45, 2.75) is 85.9 Å². The Labute approximate surface area is 291 Å². The smallest absolute Gasteiger partial charge is 0.305 e. The Bertz CT molecular complexity index is 1580. The molecule has 10 heteroatoms. The van der Waals surface area contributed by atoms with Crippen molar-refractivity contribution >= 4 is 21.5 Å². The van der Waals surface area contributed by atoms with Gasteiger partial charge >= 0.3 is 5.97 Å². The summed E-state index contributed by atoms with van der Waals surface area (Å²) in [6, 6.07) is 14.7. The van der Waals surface area contributed by atoms with Gasteiger partial charge in [0.2, 0.25) is 0 Å². The molecule has 268 valence electrons. The Balaban J connectivity index is 1.000. The normalized spacial score (nSPS) is 29.9. The van der Waals surface area contributed by atoms with Crippen molar-refractivity contribution in [2.75, 3.05) is 64.4 Å². The molecule has 5 aliphatic rings. The number of methoxy groups -OCH3 is 1. The van der Waals surface area contributed by atoms with Gasteiger partial charge in [0, 0.05) is 49.6 Å². The van der Waals surface area contributed by atoms with E-state index in [4.69, 9.17) is 4.74 Å². The lowest BCUT2D eigenvalue weighted by Crippen LogP contribution is -2.58. The number of benzene rings is 2. The third-order valence-corrected chi connectivity index (χ3v) is 15.0. The summed E-state index contributed by atoms with van der Waals surface area (Å²) < 4.78 is 46.1. The maximum Gasteiger partial charge on any atom is 0.305 e. The lowest BCUT2D eigenvalue weighted by molar-refractivity contribution is -0.142. The van der Waals surface area contributed by atoms with Gasteiger partial charge in [-0.2, -0.15) is 0 Å². The molecule has 2 aromatic rings. The summed E-state index contributed by atoms with van der Waals surface area (Å²) in [6.07, 6.45) is 7.56. The molecule has 2 saturated carbocycles. The van der Waals surface area contributed by atoms with E-state index in [0.29, 0.717) is 41.9 Å². The van der Waals surface area contributed by atoms with Crippen molar-refractivity contribution in [3.05, 3.63) is 59.9 Å². The summed E-state index contributed by atoms with van der Waals surface area (Å²) >= 11 is 0. The molecule has 2 aromatic carbocycles. The molecule has 0 aromatic heterocycles. The van der Waals surface area contributed by atoms with Gasteiger partial charge in [-0.3, -0.25) is 4.79 Å². The van der Waals surface area contributed by atoms with Crippen LogP contribution in [0, 0.1) is 29.5 Å². The Morgan fingerprint density at radius 2 is 1.69 bits per heavy atom. The zero-order valence-electron chi connectivity index (χ0n) is 29.2. The van der Waals surface area contributed by atoms with Crippen LogP contribution < -0.4 is 4.90 Å². The number of sulfone groups is 1. The summed E-state index contributed by atoms with van der Waals surface area (Å²) in [5, 5.41) is 9.53. The molecule has 8 nitrogen and oxygen atoms in total. The van der Waals surface area contributed by atoms with Gasteiger partial charge in [0.25, 0.3) is 0 Å². The number of rotatable bonds is 12. The van der Waals surface area contributed by atoms with E-state index in [1.807, 2.05) is 18.2 Å². The fraction of sp³-hybridized carbons (Fsp3) is 0.667. The van der Waals surface area contributed by atoms with E-state index >= 15 is 0 Å². The summed E-state index contributed by atoms with van der Waals surface area (Å²) in [5.74, 6) is 1.22. The second kappa shape index (κ2) is 13.9. The summed E-state index contributed by atoms with van der Waals surface area (Å²) in [4.78, 5) is 20.4. The fourth-order valence-corrected chi connectivity index (χ4v) is 12.2. The first kappa shape index (κ1) is 34.9. The Hall–Kier alpha value is -2.53. The third-order valence-electron chi connectivity index (χ3n) is 12.9. The van der Waals surface area contributed by atoms with E-state index in [1.165, 1.54) is 13.5 Å². The first-order chi connectivity index (χ1) is 23.5. The highest BCUT2D eigenvalue weighted by Crippen LogP contribution is 2.54. The Morgan fingerprint density at radius 3 is 2.31 bits per heavy atom. The quantitative estimate of drug-likeness (QED) is 0.300. The molecule has 7 rings (SSSR count). The fourth-order valence-electron chi connectivity index (χ4n) is 10.1. The van der Waals surface area contributed by atoms with Gasteiger partial charge in [-0.25, -0.2) is 12.8 Å². The molecule has 3 aliphatic heterocycles. The minimum Gasteiger partial charge on any atom is -0.469 e. The number of hydrogen-bond acceptors (Lipinski definition) is 8. The summed E-state index contributed by atoms with van der Waals surface area (Å²) in [5.41, 5.74) is 1.10. The predicted molar refractivity (Wildman–Crippen MR) is 189 cm³/mol. The average molecular weight is 696 g/mol. The van der Waals surface area contributed by atoms with E-state index in [0.717, 1.165) is 95.7 Å². The van der Waals surface area contributed by atoms with Crippen LogP contribution in [0.5, 0.6) is 0 Å². The predicted octanol–water partition coefficient (Wildman–Crippen LogP) is 5.28. The minimum atomic E-state index is -3.42. The molecule has 49 heavy (non-hydrogen) atoms. The van der Waals surface area contributed by atoms with E-state index < -0.39 is 20.7 Å². The highest BCUT2D eigenvalue weighted by atomic mass is 32.2. The number of hydrogen-bond donors (Lipinski definition) is 1. The summed E-state index contributed by atoms with van der Waals surface area (Å²) in [6.45, 7) is 9.80.